The molecule has 0 saturated carbocycles. The Morgan fingerprint density at radius 2 is 1.25 bits per heavy atom. The second-order valence-corrected chi connectivity index (χ2v) is 12.0. The summed E-state index contributed by atoms with van der Waals surface area (Å²) in [7, 11) is -13.8. The molecule has 3 aliphatic rings. The fourth-order valence-electron chi connectivity index (χ4n) is 2.52. The SMILES string of the molecule is FP1(F)=NP(F)(F)=NP(CCC2=C=CC=C2)(CCC2=C=CC=C2)=N1. The van der Waals surface area contributed by atoms with Crippen LogP contribution in [0.1, 0.15) is 12.8 Å². The molecule has 0 fully saturated rings. The van der Waals surface area contributed by atoms with E-state index in [4.69, 9.17) is 0 Å². The number of nitrogens with zero attached hydrogens (tertiary/aromatic N) is 3. The quantitative estimate of drug-likeness (QED) is 0.249. The van der Waals surface area contributed by atoms with E-state index in [1.165, 1.54) is 0 Å². The van der Waals surface area contributed by atoms with Crippen LogP contribution in [0.25, 0.3) is 0 Å². The second-order valence-electron chi connectivity index (χ2n) is 5.40. The minimum absolute atomic E-state index is 0.106. The van der Waals surface area contributed by atoms with E-state index in [0.29, 0.717) is 12.8 Å². The van der Waals surface area contributed by atoms with Gasteiger partial charge in [-0.25, -0.2) is 0 Å². The summed E-state index contributed by atoms with van der Waals surface area (Å²) in [5.74, 6) is 0. The molecule has 0 spiro atoms. The van der Waals surface area contributed by atoms with Gasteiger partial charge in [-0.1, -0.05) is 24.3 Å². The van der Waals surface area contributed by atoms with Crippen LogP contribution >= 0.6 is 22.9 Å². The summed E-state index contributed by atoms with van der Waals surface area (Å²) in [6, 6.07) is 0. The van der Waals surface area contributed by atoms with Crippen LogP contribution in [-0.2, 0) is 0 Å². The molecular weight excluding hydrogens is 379 g/mol. The number of allylic oxidation sites excluding steroid dienone is 6. The summed E-state index contributed by atoms with van der Waals surface area (Å²) in [5, 5.41) is 0. The van der Waals surface area contributed by atoms with E-state index in [1.54, 1.807) is 36.5 Å². The molecule has 0 aromatic rings. The Morgan fingerprint density at radius 3 is 1.67 bits per heavy atom. The molecule has 0 unspecified atom stereocenters. The van der Waals surface area contributed by atoms with Crippen molar-refractivity contribution in [2.24, 2.45) is 13.5 Å². The molecule has 0 N–H and O–H groups in total. The molecule has 0 amide bonds. The van der Waals surface area contributed by atoms with Crippen LogP contribution in [0.5, 0.6) is 0 Å². The zero-order valence-corrected chi connectivity index (χ0v) is 15.2. The van der Waals surface area contributed by atoms with Crippen molar-refractivity contribution in [1.82, 2.24) is 0 Å². The number of hydrogen-bond donors (Lipinski definition) is 0. The van der Waals surface area contributed by atoms with E-state index < -0.39 is 22.9 Å². The molecule has 10 heteroatoms. The van der Waals surface area contributed by atoms with E-state index in [0.717, 1.165) is 11.1 Å². The van der Waals surface area contributed by atoms with E-state index in [9.17, 15) is 16.8 Å². The first kappa shape index (κ1) is 17.7. The molecule has 3 nitrogen and oxygen atoms in total. The van der Waals surface area contributed by atoms with Gasteiger partial charge in [0, 0.05) is 12.3 Å². The highest BCUT2D eigenvalue weighted by molar-refractivity contribution is 7.81. The Labute approximate surface area is 138 Å². The maximum absolute atomic E-state index is 13.8. The number of rotatable bonds is 6. The Balaban J connectivity index is 1.93. The van der Waals surface area contributed by atoms with Crippen LogP contribution < -0.4 is 0 Å². The van der Waals surface area contributed by atoms with Crippen molar-refractivity contribution in [3.8, 4) is 0 Å². The largest absolute Gasteiger partial charge is 0.421 e. The van der Waals surface area contributed by atoms with Crippen molar-refractivity contribution >= 4 is 22.9 Å². The van der Waals surface area contributed by atoms with Gasteiger partial charge in [0.15, 0.2) is 0 Å². The third-order valence-electron chi connectivity index (χ3n) is 3.57. The van der Waals surface area contributed by atoms with E-state index in [2.05, 4.69) is 25.0 Å². The molecule has 0 aromatic heterocycles. The monoisotopic (exact) mass is 393 g/mol. The van der Waals surface area contributed by atoms with Crippen molar-refractivity contribution in [3.05, 3.63) is 59.1 Å². The highest BCUT2D eigenvalue weighted by atomic mass is 31.3. The Kier molecular flexibility index (Phi) is 4.94. The Morgan fingerprint density at radius 1 is 0.750 bits per heavy atom. The minimum Gasteiger partial charge on any atom is -0.185 e. The topological polar surface area (TPSA) is 37.1 Å². The van der Waals surface area contributed by atoms with E-state index >= 15 is 0 Å². The molecule has 0 saturated heterocycles. The first-order valence-electron chi connectivity index (χ1n) is 7.20. The summed E-state index contributed by atoms with van der Waals surface area (Å²) >= 11 is 0. The molecule has 3 rings (SSSR count). The average molecular weight is 393 g/mol. The fourth-order valence-corrected chi connectivity index (χ4v) is 11.0. The third kappa shape index (κ3) is 4.51. The van der Waals surface area contributed by atoms with Gasteiger partial charge in [-0.15, -0.1) is 32.8 Å². The average Bonchev–Trinajstić information content (AvgIpc) is 3.13. The van der Waals surface area contributed by atoms with Gasteiger partial charge in [-0.3, -0.25) is 0 Å². The van der Waals surface area contributed by atoms with Gasteiger partial charge in [0.2, 0.25) is 0 Å². The molecule has 128 valence electrons. The maximum Gasteiger partial charge on any atom is 0.421 e. The van der Waals surface area contributed by atoms with Crippen LogP contribution in [0.4, 0.5) is 16.8 Å². The second kappa shape index (κ2) is 6.68. The van der Waals surface area contributed by atoms with E-state index in [-0.39, 0.29) is 12.3 Å². The van der Waals surface area contributed by atoms with Crippen molar-refractivity contribution in [3.63, 3.8) is 0 Å². The zero-order chi connectivity index (χ0) is 17.3. The first-order valence-corrected chi connectivity index (χ1v) is 12.2. The Bertz CT molecular complexity index is 863. The van der Waals surface area contributed by atoms with Crippen LogP contribution in [0, 0.1) is 0 Å². The molecule has 0 bridgehead atoms. The molecule has 1 heterocycles. The fraction of sp³-hybridized carbons (Fsp3) is 0.286. The van der Waals surface area contributed by atoms with Gasteiger partial charge < -0.3 is 0 Å². The lowest BCUT2D eigenvalue weighted by atomic mass is 10.2. The summed E-state index contributed by atoms with van der Waals surface area (Å²) in [5.41, 5.74) is 7.50. The summed E-state index contributed by atoms with van der Waals surface area (Å²) in [6.07, 6.45) is 11.5. The Hall–Kier alpha value is -1.07. The van der Waals surface area contributed by atoms with Crippen molar-refractivity contribution in [2.45, 2.75) is 12.8 Å². The number of hydrogen-bond acceptors (Lipinski definition) is 3. The molecule has 0 aromatic carbocycles. The lowest BCUT2D eigenvalue weighted by molar-refractivity contribution is 0.700. The highest BCUT2D eigenvalue weighted by Crippen LogP contribution is 2.81. The standard InChI is InChI=1S/C14H14F4N3P3/c15-23(16)19-22(20-24(17,18)21-23,11-9-13-5-1-2-6-13)12-10-14-7-3-4-8-14/h1-5,7H,9-12H2. The number of halogens is 4. The molecule has 2 aliphatic carbocycles. The smallest absolute Gasteiger partial charge is 0.185 e. The lowest BCUT2D eigenvalue weighted by Crippen LogP contribution is -1.97. The van der Waals surface area contributed by atoms with Gasteiger partial charge in [-0.05, 0) is 36.1 Å². The van der Waals surface area contributed by atoms with Gasteiger partial charge >= 0.3 is 15.7 Å². The molecular formula is C14H14F4N3P3. The van der Waals surface area contributed by atoms with Crippen LogP contribution in [0.15, 0.2) is 72.6 Å². The van der Waals surface area contributed by atoms with Crippen molar-refractivity contribution in [1.29, 1.82) is 0 Å². The molecule has 1 aliphatic heterocycles. The predicted octanol–water partition coefficient (Wildman–Crippen LogP) is 7.97. The molecule has 24 heavy (non-hydrogen) atoms. The lowest BCUT2D eigenvalue weighted by Gasteiger charge is -2.24. The summed E-state index contributed by atoms with van der Waals surface area (Å²) in [6.45, 7) is 0. The third-order valence-corrected chi connectivity index (χ3v) is 11.6. The maximum atomic E-state index is 13.8. The molecule has 0 radical (unpaired) electrons. The van der Waals surface area contributed by atoms with Crippen molar-refractivity contribution in [2.75, 3.05) is 12.3 Å². The predicted molar refractivity (Wildman–Crippen MR) is 92.9 cm³/mol. The van der Waals surface area contributed by atoms with E-state index in [1.807, 2.05) is 0 Å². The summed E-state index contributed by atoms with van der Waals surface area (Å²) in [4.78, 5) is 0. The van der Waals surface area contributed by atoms with Crippen LogP contribution in [0.3, 0.4) is 0 Å². The highest BCUT2D eigenvalue weighted by Gasteiger charge is 2.38. The summed E-state index contributed by atoms with van der Waals surface area (Å²) < 4.78 is 64.6. The normalized spacial score (nSPS) is 24.2. The van der Waals surface area contributed by atoms with Crippen LogP contribution in [-0.4, -0.2) is 12.3 Å². The molecule has 0 atom stereocenters. The van der Waals surface area contributed by atoms with Gasteiger partial charge in [-0.2, -0.15) is 9.03 Å². The van der Waals surface area contributed by atoms with Gasteiger partial charge in [0.25, 0.3) is 0 Å². The first-order chi connectivity index (χ1) is 11.3. The minimum atomic E-state index is -5.31. The van der Waals surface area contributed by atoms with Crippen LogP contribution in [0.2, 0.25) is 0 Å². The van der Waals surface area contributed by atoms with Gasteiger partial charge in [0.1, 0.15) is 0 Å². The zero-order valence-electron chi connectivity index (χ0n) is 12.5. The van der Waals surface area contributed by atoms with Crippen molar-refractivity contribution < 1.29 is 16.8 Å². The van der Waals surface area contributed by atoms with Gasteiger partial charge in [0.05, 0.1) is 7.21 Å².